The van der Waals surface area contributed by atoms with Crippen molar-refractivity contribution in [2.75, 3.05) is 36.5 Å². The van der Waals surface area contributed by atoms with Crippen molar-refractivity contribution < 1.29 is 14.6 Å². The quantitative estimate of drug-likeness (QED) is 0.328. The van der Waals surface area contributed by atoms with E-state index in [4.69, 9.17) is 11.6 Å². The molecule has 0 bridgehead atoms. The van der Waals surface area contributed by atoms with Crippen LogP contribution in [-0.2, 0) is 0 Å². The zero-order valence-corrected chi connectivity index (χ0v) is 17.0. The molecule has 4 N–H and O–H groups in total. The first-order chi connectivity index (χ1) is 15.1. The first kappa shape index (κ1) is 20.9. The summed E-state index contributed by atoms with van der Waals surface area (Å²) in [5.74, 6) is 1.23. The van der Waals surface area contributed by atoms with E-state index in [0.717, 1.165) is 0 Å². The van der Waals surface area contributed by atoms with Crippen LogP contribution >= 0.6 is 11.6 Å². The first-order valence-corrected chi connectivity index (χ1v) is 9.83. The second-order valence-electron chi connectivity index (χ2n) is 6.56. The van der Waals surface area contributed by atoms with Gasteiger partial charge in [-0.1, -0.05) is 17.7 Å². The molecule has 9 nitrogen and oxygen atoms in total. The van der Waals surface area contributed by atoms with Gasteiger partial charge in [0.2, 0.25) is 0 Å². The number of imidazole rings is 1. The van der Waals surface area contributed by atoms with Gasteiger partial charge >= 0.3 is 0 Å². The molecule has 0 fully saturated rings. The average molecular weight is 444 g/mol. The fourth-order valence-corrected chi connectivity index (χ4v) is 3.42. The number of halogens is 2. The number of benzene rings is 1. The highest BCUT2D eigenvalue weighted by atomic mass is 35.5. The van der Waals surface area contributed by atoms with Crippen LogP contribution in [0, 0.1) is 5.82 Å². The van der Waals surface area contributed by atoms with E-state index < -0.39 is 5.82 Å². The van der Waals surface area contributed by atoms with E-state index in [1.807, 2.05) is 0 Å². The Kier molecular flexibility index (Phi) is 6.21. The average Bonchev–Trinajstić information content (AvgIpc) is 3.18. The highest BCUT2D eigenvalue weighted by Crippen LogP contribution is 2.32. The molecule has 1 aromatic carbocycles. The van der Waals surface area contributed by atoms with Gasteiger partial charge in [0.15, 0.2) is 5.82 Å². The predicted molar refractivity (Wildman–Crippen MR) is 116 cm³/mol. The van der Waals surface area contributed by atoms with Gasteiger partial charge in [-0.05, 0) is 18.2 Å². The topological polar surface area (TPSA) is 123 Å². The normalized spacial score (nSPS) is 11.1. The number of nitrogens with one attached hydrogen (secondary N) is 2. The Labute approximate surface area is 181 Å². The standard InChI is InChI=1S/C20H19ClFN7O2/c21-12-2-1-3-13(22)17(12)19-26-14-4-5-23-20(18(14)28-19)27-15-10-16(25-11-24-15)29(6-8-30)7-9-31/h1-5,10-11,30-31H,6-9H2,(H,26,28)(H,23,24,25,27). The zero-order valence-electron chi connectivity index (χ0n) is 16.3. The maximum Gasteiger partial charge on any atom is 0.157 e. The molecular formula is C20H19ClFN7O2. The number of H-pyrrole nitrogens is 1. The number of hydrogen-bond acceptors (Lipinski definition) is 8. The van der Waals surface area contributed by atoms with E-state index in [1.54, 1.807) is 29.3 Å². The van der Waals surface area contributed by atoms with Crippen LogP contribution in [0.1, 0.15) is 0 Å². The highest BCUT2D eigenvalue weighted by Gasteiger charge is 2.16. The van der Waals surface area contributed by atoms with Crippen molar-refractivity contribution in [3.8, 4) is 11.4 Å². The summed E-state index contributed by atoms with van der Waals surface area (Å²) in [6.45, 7) is 0.475. The van der Waals surface area contributed by atoms with E-state index in [2.05, 4.69) is 30.2 Å². The number of pyridine rings is 1. The molecule has 3 aromatic heterocycles. The summed E-state index contributed by atoms with van der Waals surface area (Å²) in [5.41, 5.74) is 1.31. The number of aliphatic hydroxyl groups excluding tert-OH is 2. The van der Waals surface area contributed by atoms with Gasteiger partial charge in [0.1, 0.15) is 35.1 Å². The molecule has 0 spiro atoms. The number of aromatic amines is 1. The van der Waals surface area contributed by atoms with Crippen molar-refractivity contribution in [3.63, 3.8) is 0 Å². The third-order valence-electron chi connectivity index (χ3n) is 4.57. The van der Waals surface area contributed by atoms with Gasteiger partial charge in [-0.2, -0.15) is 0 Å². The van der Waals surface area contributed by atoms with E-state index in [9.17, 15) is 14.6 Å². The van der Waals surface area contributed by atoms with E-state index in [1.165, 1.54) is 18.5 Å². The Bertz CT molecular complexity index is 1180. The fraction of sp³-hybridized carbons (Fsp3) is 0.200. The van der Waals surface area contributed by atoms with Crippen molar-refractivity contribution >= 4 is 40.1 Å². The van der Waals surface area contributed by atoms with Crippen LogP contribution in [0.5, 0.6) is 0 Å². The van der Waals surface area contributed by atoms with Crippen LogP contribution in [0.15, 0.2) is 42.9 Å². The third kappa shape index (κ3) is 4.41. The molecule has 0 aliphatic carbocycles. The number of rotatable bonds is 8. The van der Waals surface area contributed by atoms with Gasteiger partial charge in [-0.3, -0.25) is 0 Å². The maximum atomic E-state index is 14.3. The monoisotopic (exact) mass is 443 g/mol. The van der Waals surface area contributed by atoms with Gasteiger partial charge in [-0.15, -0.1) is 0 Å². The van der Waals surface area contributed by atoms with E-state index >= 15 is 0 Å². The second kappa shape index (κ2) is 9.21. The summed E-state index contributed by atoms with van der Waals surface area (Å²) in [4.78, 5) is 22.0. The molecule has 0 aliphatic heterocycles. The lowest BCUT2D eigenvalue weighted by Crippen LogP contribution is -2.30. The van der Waals surface area contributed by atoms with Crippen molar-refractivity contribution in [3.05, 3.63) is 53.7 Å². The summed E-state index contributed by atoms with van der Waals surface area (Å²) in [6, 6.07) is 7.82. The smallest absolute Gasteiger partial charge is 0.157 e. The van der Waals surface area contributed by atoms with Crippen LogP contribution in [0.25, 0.3) is 22.4 Å². The number of hydrogen-bond donors (Lipinski definition) is 4. The number of fused-ring (bicyclic) bond motifs is 1. The molecule has 0 amide bonds. The van der Waals surface area contributed by atoms with Crippen LogP contribution in [0.4, 0.5) is 21.8 Å². The minimum Gasteiger partial charge on any atom is -0.395 e. The van der Waals surface area contributed by atoms with Gasteiger partial charge in [0, 0.05) is 25.4 Å². The molecule has 0 saturated carbocycles. The Hall–Kier alpha value is -3.34. The Balaban J connectivity index is 1.68. The summed E-state index contributed by atoms with van der Waals surface area (Å²) < 4.78 is 14.3. The van der Waals surface area contributed by atoms with Crippen molar-refractivity contribution in [2.24, 2.45) is 0 Å². The van der Waals surface area contributed by atoms with E-state index in [0.29, 0.717) is 41.6 Å². The van der Waals surface area contributed by atoms with E-state index in [-0.39, 0.29) is 29.6 Å². The first-order valence-electron chi connectivity index (χ1n) is 9.45. The molecule has 3 heterocycles. The maximum absolute atomic E-state index is 14.3. The van der Waals surface area contributed by atoms with Crippen LogP contribution < -0.4 is 10.2 Å². The summed E-state index contributed by atoms with van der Waals surface area (Å²) in [7, 11) is 0. The van der Waals surface area contributed by atoms with Crippen LogP contribution in [0.3, 0.4) is 0 Å². The van der Waals surface area contributed by atoms with Crippen LogP contribution in [-0.4, -0.2) is 61.4 Å². The number of anilines is 3. The molecule has 0 unspecified atom stereocenters. The minimum atomic E-state index is -0.484. The molecule has 4 rings (SSSR count). The van der Waals surface area contributed by atoms with Crippen molar-refractivity contribution in [2.45, 2.75) is 0 Å². The molecule has 4 aromatic rings. The van der Waals surface area contributed by atoms with Gasteiger partial charge in [0.05, 0.1) is 29.3 Å². The lowest BCUT2D eigenvalue weighted by atomic mass is 10.2. The molecular weight excluding hydrogens is 425 g/mol. The zero-order chi connectivity index (χ0) is 21.8. The Morgan fingerprint density at radius 3 is 2.65 bits per heavy atom. The molecule has 11 heteroatoms. The number of aliphatic hydroxyl groups is 2. The number of nitrogens with zero attached hydrogens (tertiary/aromatic N) is 5. The van der Waals surface area contributed by atoms with Gasteiger partial charge < -0.3 is 25.4 Å². The largest absolute Gasteiger partial charge is 0.395 e. The molecule has 0 saturated heterocycles. The van der Waals surface area contributed by atoms with Crippen molar-refractivity contribution in [1.82, 2.24) is 24.9 Å². The fourth-order valence-electron chi connectivity index (χ4n) is 3.16. The SMILES string of the molecule is OCCN(CCO)c1cc(Nc2nccc3nc(-c4c(F)cccc4Cl)[nH]c23)ncn1. The van der Waals surface area contributed by atoms with Gasteiger partial charge in [-0.25, -0.2) is 24.3 Å². The molecule has 160 valence electrons. The summed E-state index contributed by atoms with van der Waals surface area (Å²) in [5, 5.41) is 21.8. The predicted octanol–water partition coefficient (Wildman–Crippen LogP) is 2.74. The molecule has 0 aliphatic rings. The Morgan fingerprint density at radius 2 is 1.90 bits per heavy atom. The molecule has 0 radical (unpaired) electrons. The highest BCUT2D eigenvalue weighted by molar-refractivity contribution is 6.33. The molecule has 0 atom stereocenters. The lowest BCUT2D eigenvalue weighted by Gasteiger charge is -2.21. The molecule has 31 heavy (non-hydrogen) atoms. The minimum absolute atomic E-state index is 0.0802. The third-order valence-corrected chi connectivity index (χ3v) is 4.88. The summed E-state index contributed by atoms with van der Waals surface area (Å²) >= 11 is 6.17. The van der Waals surface area contributed by atoms with Crippen molar-refractivity contribution in [1.29, 1.82) is 0 Å². The lowest BCUT2D eigenvalue weighted by molar-refractivity contribution is 0.280. The second-order valence-corrected chi connectivity index (χ2v) is 6.96. The van der Waals surface area contributed by atoms with Crippen LogP contribution in [0.2, 0.25) is 5.02 Å². The van der Waals surface area contributed by atoms with Gasteiger partial charge in [0.25, 0.3) is 0 Å². The summed E-state index contributed by atoms with van der Waals surface area (Å²) in [6.07, 6.45) is 2.95. The number of aromatic nitrogens is 5. The Morgan fingerprint density at radius 1 is 1.10 bits per heavy atom.